The Hall–Kier alpha value is -3.88. The molecule has 9 heteroatoms. The van der Waals surface area contributed by atoms with Gasteiger partial charge in [-0.05, 0) is 90.6 Å². The minimum absolute atomic E-state index is 0.0513. The minimum atomic E-state index is -0.649. The largest absolute Gasteiger partial charge is 0.493 e. The molecule has 0 bridgehead atoms. The van der Waals surface area contributed by atoms with Gasteiger partial charge in [0.2, 0.25) is 0 Å². The second kappa shape index (κ2) is 10.9. The lowest BCUT2D eigenvalue weighted by Crippen LogP contribution is -2.43. The van der Waals surface area contributed by atoms with Crippen LogP contribution in [0.25, 0.3) is 10.9 Å². The fraction of sp³-hybridized carbons (Fsp3) is 0.484. The van der Waals surface area contributed by atoms with Gasteiger partial charge in [-0.15, -0.1) is 0 Å². The number of carbonyl (C=O) groups excluding carboxylic acids is 2. The Labute approximate surface area is 236 Å². The van der Waals surface area contributed by atoms with Crippen molar-refractivity contribution in [1.82, 2.24) is 9.47 Å². The molecule has 1 amide bonds. The Kier molecular flexibility index (Phi) is 7.97. The maximum Gasteiger partial charge on any atom is 0.419 e. The van der Waals surface area contributed by atoms with Gasteiger partial charge in [0.1, 0.15) is 11.2 Å². The number of likely N-dealkylation sites (N-methyl/N-ethyl adjacent to an activating group) is 1. The molecule has 1 N–H and O–H groups in total. The molecule has 0 saturated heterocycles. The number of rotatable bonds is 5. The number of anilines is 2. The summed E-state index contributed by atoms with van der Waals surface area (Å²) >= 11 is 0. The Bertz CT molecular complexity index is 1410. The van der Waals surface area contributed by atoms with Crippen molar-refractivity contribution in [1.29, 1.82) is 0 Å². The zero-order valence-corrected chi connectivity index (χ0v) is 25.0. The first-order valence-corrected chi connectivity index (χ1v) is 13.5. The quantitative estimate of drug-likeness (QED) is 0.368. The maximum atomic E-state index is 13.5. The van der Waals surface area contributed by atoms with Crippen LogP contribution in [0, 0.1) is 0 Å². The third kappa shape index (κ3) is 6.29. The summed E-state index contributed by atoms with van der Waals surface area (Å²) in [5.41, 5.74) is 3.12. The normalized spacial score (nSPS) is 15.3. The van der Waals surface area contributed by atoms with Crippen LogP contribution in [-0.2, 0) is 22.3 Å². The molecule has 2 aromatic carbocycles. The summed E-state index contributed by atoms with van der Waals surface area (Å²) in [5, 5.41) is 4.37. The second-order valence-electron chi connectivity index (χ2n) is 12.2. The van der Waals surface area contributed by atoms with Crippen molar-refractivity contribution in [2.24, 2.45) is 0 Å². The SMILES string of the molecule is COc1ccc(Nc2ccc3c4c(n(C(=O)OC(C)(C)C)c3c2)CCC(N(C)C(=O)OC(C)(C)C)C4)cc1OC. The van der Waals surface area contributed by atoms with Crippen molar-refractivity contribution in [3.05, 3.63) is 47.7 Å². The van der Waals surface area contributed by atoms with Gasteiger partial charge < -0.3 is 29.2 Å². The Balaban J connectivity index is 1.73. The fourth-order valence-electron chi connectivity index (χ4n) is 5.03. The average molecular weight is 552 g/mol. The molecule has 9 nitrogen and oxygen atoms in total. The summed E-state index contributed by atoms with van der Waals surface area (Å²) < 4.78 is 23.9. The highest BCUT2D eigenvalue weighted by molar-refractivity contribution is 5.96. The van der Waals surface area contributed by atoms with Crippen LogP contribution >= 0.6 is 0 Å². The molecule has 0 radical (unpaired) electrons. The smallest absolute Gasteiger partial charge is 0.419 e. The molecule has 0 saturated carbocycles. The number of hydrogen-bond donors (Lipinski definition) is 1. The van der Waals surface area contributed by atoms with Crippen LogP contribution in [0.5, 0.6) is 11.5 Å². The predicted octanol–water partition coefficient (Wildman–Crippen LogP) is 6.91. The van der Waals surface area contributed by atoms with E-state index in [0.717, 1.165) is 33.5 Å². The first kappa shape index (κ1) is 29.1. The number of ether oxygens (including phenoxy) is 4. The number of carbonyl (C=O) groups is 2. The van der Waals surface area contributed by atoms with Gasteiger partial charge >= 0.3 is 12.2 Å². The molecule has 0 spiro atoms. The number of hydrogen-bond acceptors (Lipinski definition) is 7. The topological polar surface area (TPSA) is 91.3 Å². The van der Waals surface area contributed by atoms with Crippen molar-refractivity contribution in [2.75, 3.05) is 26.6 Å². The molecule has 0 aliphatic heterocycles. The summed E-state index contributed by atoms with van der Waals surface area (Å²) in [6.45, 7) is 11.2. The number of amides is 1. The summed E-state index contributed by atoms with van der Waals surface area (Å²) in [6, 6.07) is 11.5. The molecule has 1 aromatic heterocycles. The molecule has 0 fully saturated rings. The molecular weight excluding hydrogens is 510 g/mol. The maximum absolute atomic E-state index is 13.5. The van der Waals surface area contributed by atoms with Gasteiger partial charge in [0.05, 0.1) is 19.7 Å². The van der Waals surface area contributed by atoms with Crippen molar-refractivity contribution in [3.8, 4) is 11.5 Å². The van der Waals surface area contributed by atoms with Crippen molar-refractivity contribution in [2.45, 2.75) is 78.0 Å². The molecular formula is C31H41N3O6. The van der Waals surface area contributed by atoms with E-state index in [9.17, 15) is 9.59 Å². The lowest BCUT2D eigenvalue weighted by molar-refractivity contribution is 0.0207. The second-order valence-corrected chi connectivity index (χ2v) is 12.2. The first-order chi connectivity index (χ1) is 18.7. The Morgan fingerprint density at radius 1 is 0.900 bits per heavy atom. The zero-order valence-electron chi connectivity index (χ0n) is 25.0. The monoisotopic (exact) mass is 551 g/mol. The highest BCUT2D eigenvalue weighted by Gasteiger charge is 2.34. The highest BCUT2D eigenvalue weighted by Crippen LogP contribution is 2.37. The van der Waals surface area contributed by atoms with Crippen LogP contribution in [0.4, 0.5) is 21.0 Å². The molecule has 1 unspecified atom stereocenters. The summed E-state index contributed by atoms with van der Waals surface area (Å²) in [5.74, 6) is 1.25. The van der Waals surface area contributed by atoms with E-state index in [-0.39, 0.29) is 12.1 Å². The van der Waals surface area contributed by atoms with Gasteiger partial charge in [0, 0.05) is 41.6 Å². The Morgan fingerprint density at radius 2 is 1.52 bits per heavy atom. The molecule has 1 atom stereocenters. The van der Waals surface area contributed by atoms with Gasteiger partial charge in [-0.2, -0.15) is 0 Å². The van der Waals surface area contributed by atoms with Crippen LogP contribution in [0.1, 0.15) is 59.2 Å². The van der Waals surface area contributed by atoms with E-state index in [0.29, 0.717) is 30.8 Å². The standard InChI is InChI=1S/C31H41N3O6/c1-30(2,3)39-28(35)33(7)21-12-14-24-23(18-21)22-13-10-19(16-25(22)34(24)29(36)40-31(4,5)6)32-20-11-15-26(37-8)27(17-20)38-9/h10-11,13,15-17,21,32H,12,14,18H2,1-9H3. The fourth-order valence-corrected chi connectivity index (χ4v) is 5.03. The molecule has 1 heterocycles. The first-order valence-electron chi connectivity index (χ1n) is 13.5. The third-order valence-electron chi connectivity index (χ3n) is 6.81. The van der Waals surface area contributed by atoms with Crippen LogP contribution < -0.4 is 14.8 Å². The summed E-state index contributed by atoms with van der Waals surface area (Å²) in [7, 11) is 4.97. The van der Waals surface area contributed by atoms with Gasteiger partial charge in [-0.25, -0.2) is 14.2 Å². The number of aromatic nitrogens is 1. The van der Waals surface area contributed by atoms with E-state index in [2.05, 4.69) is 5.32 Å². The number of nitrogens with zero attached hydrogens (tertiary/aromatic N) is 2. The van der Waals surface area contributed by atoms with E-state index in [1.165, 1.54) is 0 Å². The van der Waals surface area contributed by atoms with Crippen molar-refractivity contribution < 1.29 is 28.5 Å². The van der Waals surface area contributed by atoms with E-state index < -0.39 is 17.3 Å². The molecule has 4 rings (SSSR count). The predicted molar refractivity (Wildman–Crippen MR) is 156 cm³/mol. The number of fused-ring (bicyclic) bond motifs is 3. The van der Waals surface area contributed by atoms with Gasteiger partial charge in [-0.3, -0.25) is 0 Å². The van der Waals surface area contributed by atoms with Crippen LogP contribution in [0.2, 0.25) is 0 Å². The van der Waals surface area contributed by atoms with Crippen LogP contribution in [0.3, 0.4) is 0 Å². The summed E-state index contributed by atoms with van der Waals surface area (Å²) in [4.78, 5) is 28.0. The average Bonchev–Trinajstić information content (AvgIpc) is 3.19. The molecule has 40 heavy (non-hydrogen) atoms. The van der Waals surface area contributed by atoms with Crippen molar-refractivity contribution >= 4 is 34.5 Å². The number of benzene rings is 2. The highest BCUT2D eigenvalue weighted by atomic mass is 16.6. The van der Waals surface area contributed by atoms with Crippen LogP contribution in [-0.4, -0.2) is 60.2 Å². The van der Waals surface area contributed by atoms with Crippen molar-refractivity contribution in [3.63, 3.8) is 0 Å². The van der Waals surface area contributed by atoms with Gasteiger partial charge in [0.15, 0.2) is 11.5 Å². The zero-order chi connectivity index (χ0) is 29.4. The third-order valence-corrected chi connectivity index (χ3v) is 6.81. The van der Waals surface area contributed by atoms with Gasteiger partial charge in [-0.1, -0.05) is 6.07 Å². The van der Waals surface area contributed by atoms with E-state index in [1.54, 1.807) is 30.7 Å². The summed E-state index contributed by atoms with van der Waals surface area (Å²) in [6.07, 6.45) is 1.18. The molecule has 1 aliphatic carbocycles. The van der Waals surface area contributed by atoms with E-state index >= 15 is 0 Å². The number of methoxy groups -OCH3 is 2. The minimum Gasteiger partial charge on any atom is -0.493 e. The van der Waals surface area contributed by atoms with Crippen LogP contribution in [0.15, 0.2) is 36.4 Å². The molecule has 3 aromatic rings. The van der Waals surface area contributed by atoms with E-state index in [4.69, 9.17) is 18.9 Å². The lowest BCUT2D eigenvalue weighted by atomic mass is 9.90. The molecule has 216 valence electrons. The van der Waals surface area contributed by atoms with Gasteiger partial charge in [0.25, 0.3) is 0 Å². The lowest BCUT2D eigenvalue weighted by Gasteiger charge is -2.33. The molecule has 1 aliphatic rings. The van der Waals surface area contributed by atoms with E-state index in [1.807, 2.05) is 77.9 Å². The number of nitrogens with one attached hydrogen (secondary N) is 1. The Morgan fingerprint density at radius 3 is 2.15 bits per heavy atom.